The van der Waals surface area contributed by atoms with Crippen LogP contribution in [0.15, 0.2) is 59.7 Å². The summed E-state index contributed by atoms with van der Waals surface area (Å²) in [7, 11) is 0. The fourth-order valence-electron chi connectivity index (χ4n) is 5.56. The van der Waals surface area contributed by atoms with E-state index >= 15 is 0 Å². The Morgan fingerprint density at radius 2 is 1.83 bits per heavy atom. The zero-order chi connectivity index (χ0) is 25.2. The molecule has 2 aromatic heterocycles. The van der Waals surface area contributed by atoms with E-state index in [4.69, 9.17) is 0 Å². The lowest BCUT2D eigenvalue weighted by Gasteiger charge is -2.29. The third-order valence-corrected chi connectivity index (χ3v) is 7.48. The Kier molecular flexibility index (Phi) is 6.71. The number of aliphatic hydroxyl groups excluding tert-OH is 1. The first kappa shape index (κ1) is 24.0. The molecule has 1 fully saturated rings. The lowest BCUT2D eigenvalue weighted by molar-refractivity contribution is 0.110. The highest BCUT2D eigenvalue weighted by Crippen LogP contribution is 2.32. The number of benzene rings is 2. The highest BCUT2D eigenvalue weighted by atomic mass is 16.3. The molecule has 1 aliphatic rings. The van der Waals surface area contributed by atoms with Crippen LogP contribution in [0.5, 0.6) is 0 Å². The maximum absolute atomic E-state index is 14.1. The Morgan fingerprint density at radius 1 is 1.11 bits per heavy atom. The topological polar surface area (TPSA) is 96.2 Å². The summed E-state index contributed by atoms with van der Waals surface area (Å²) in [5.41, 5.74) is 5.21. The molecule has 2 aromatic carbocycles. The van der Waals surface area contributed by atoms with Gasteiger partial charge in [-0.1, -0.05) is 62.7 Å². The van der Waals surface area contributed by atoms with Gasteiger partial charge in [-0.2, -0.15) is 15.3 Å². The molecule has 36 heavy (non-hydrogen) atoms. The van der Waals surface area contributed by atoms with Crippen LogP contribution in [0.3, 0.4) is 0 Å². The molecule has 1 aliphatic carbocycles. The fourth-order valence-corrected chi connectivity index (χ4v) is 5.56. The lowest BCUT2D eigenvalue weighted by Crippen LogP contribution is -2.35. The molecular formula is C29H31N5O2. The average molecular weight is 482 g/mol. The van der Waals surface area contributed by atoms with Crippen molar-refractivity contribution < 1.29 is 5.11 Å². The summed E-state index contributed by atoms with van der Waals surface area (Å²) in [4.78, 5) is 18.6. The number of aliphatic hydroxyl groups is 1. The molecule has 1 saturated carbocycles. The van der Waals surface area contributed by atoms with Crippen LogP contribution in [0.4, 0.5) is 0 Å². The van der Waals surface area contributed by atoms with Gasteiger partial charge in [0, 0.05) is 17.5 Å². The summed E-state index contributed by atoms with van der Waals surface area (Å²) in [5.74, 6) is 0.442. The number of fused-ring (bicyclic) bond motifs is 1. The highest BCUT2D eigenvalue weighted by molar-refractivity contribution is 5.70. The molecule has 1 N–H and O–H groups in total. The number of aromatic nitrogens is 4. The van der Waals surface area contributed by atoms with E-state index in [-0.39, 0.29) is 23.6 Å². The van der Waals surface area contributed by atoms with Crippen molar-refractivity contribution in [3.8, 4) is 17.2 Å². The van der Waals surface area contributed by atoms with Crippen molar-refractivity contribution in [1.82, 2.24) is 19.2 Å². The molecule has 7 heteroatoms. The van der Waals surface area contributed by atoms with Crippen molar-refractivity contribution in [3.05, 3.63) is 87.6 Å². The van der Waals surface area contributed by atoms with E-state index in [1.54, 1.807) is 0 Å². The second-order valence-corrected chi connectivity index (χ2v) is 9.72. The Hall–Kier alpha value is -3.76. The third-order valence-electron chi connectivity index (χ3n) is 7.48. The molecule has 7 nitrogen and oxygen atoms in total. The molecule has 4 aromatic rings. The predicted octanol–water partition coefficient (Wildman–Crippen LogP) is 5.01. The standard InChI is InChI=1S/C29H31N5O2/c1-3-6-26-27(19(2)20-9-11-21(12-10-20)25-8-5-4-7-22(25)17-30)28(36)33(29-31-18-32-34(26)29)23-13-15-24(35)16-14-23/h4-5,7-12,18-19,23-24,35H,3,6,13-16H2,1-2H3. The van der Waals surface area contributed by atoms with Gasteiger partial charge in [0.25, 0.3) is 5.56 Å². The highest BCUT2D eigenvalue weighted by Gasteiger charge is 2.29. The van der Waals surface area contributed by atoms with Crippen LogP contribution in [-0.2, 0) is 6.42 Å². The summed E-state index contributed by atoms with van der Waals surface area (Å²) in [5, 5.41) is 24.0. The largest absolute Gasteiger partial charge is 0.393 e. The zero-order valence-electron chi connectivity index (χ0n) is 20.8. The minimum atomic E-state index is -0.298. The summed E-state index contributed by atoms with van der Waals surface area (Å²) in [6.07, 6.45) is 5.71. The molecule has 5 rings (SSSR count). The van der Waals surface area contributed by atoms with Crippen LogP contribution in [0.2, 0.25) is 0 Å². The first-order chi connectivity index (χ1) is 17.5. The number of nitriles is 1. The Morgan fingerprint density at radius 3 is 2.53 bits per heavy atom. The minimum absolute atomic E-state index is 0.000846. The molecule has 0 bridgehead atoms. The molecule has 0 amide bonds. The molecule has 0 aliphatic heterocycles. The summed E-state index contributed by atoms with van der Waals surface area (Å²) in [6.45, 7) is 4.18. The molecule has 0 saturated heterocycles. The number of hydrogen-bond acceptors (Lipinski definition) is 5. The molecule has 1 atom stereocenters. The molecule has 2 heterocycles. The quantitative estimate of drug-likeness (QED) is 0.418. The van der Waals surface area contributed by atoms with E-state index in [9.17, 15) is 15.2 Å². The van der Waals surface area contributed by atoms with Crippen LogP contribution in [0.1, 0.15) is 80.3 Å². The SMILES string of the molecule is CCCc1c(C(C)c2ccc(-c3ccccc3C#N)cc2)c(=O)n(C2CCC(O)CC2)c2ncnn12. The first-order valence-electron chi connectivity index (χ1n) is 12.8. The third kappa shape index (κ3) is 4.22. The molecule has 0 spiro atoms. The monoisotopic (exact) mass is 481 g/mol. The number of rotatable bonds is 6. The van der Waals surface area contributed by atoms with Gasteiger partial charge in [-0.25, -0.2) is 4.52 Å². The number of aryl methyl sites for hydroxylation is 1. The molecular weight excluding hydrogens is 450 g/mol. The summed E-state index contributed by atoms with van der Waals surface area (Å²) < 4.78 is 3.67. The van der Waals surface area contributed by atoms with Crippen molar-refractivity contribution in [3.63, 3.8) is 0 Å². The van der Waals surface area contributed by atoms with Crippen LogP contribution in [-0.4, -0.2) is 30.4 Å². The minimum Gasteiger partial charge on any atom is -0.393 e. The van der Waals surface area contributed by atoms with Crippen molar-refractivity contribution >= 4 is 5.78 Å². The van der Waals surface area contributed by atoms with Gasteiger partial charge in [0.1, 0.15) is 6.33 Å². The van der Waals surface area contributed by atoms with Crippen molar-refractivity contribution in [2.24, 2.45) is 0 Å². The average Bonchev–Trinajstić information content (AvgIpc) is 3.39. The summed E-state index contributed by atoms with van der Waals surface area (Å²) in [6, 6.07) is 18.0. The van der Waals surface area contributed by atoms with Crippen molar-refractivity contribution in [1.29, 1.82) is 5.26 Å². The maximum atomic E-state index is 14.1. The number of nitrogens with zero attached hydrogens (tertiary/aromatic N) is 5. The lowest BCUT2D eigenvalue weighted by atomic mass is 9.89. The van der Waals surface area contributed by atoms with E-state index in [0.717, 1.165) is 53.6 Å². The fraction of sp³-hybridized carbons (Fsp3) is 0.379. The van der Waals surface area contributed by atoms with Crippen LogP contribution >= 0.6 is 0 Å². The second-order valence-electron chi connectivity index (χ2n) is 9.72. The smallest absolute Gasteiger partial charge is 0.259 e. The van der Waals surface area contributed by atoms with E-state index < -0.39 is 0 Å². The second kappa shape index (κ2) is 10.1. The van der Waals surface area contributed by atoms with E-state index in [0.29, 0.717) is 24.2 Å². The Bertz CT molecular complexity index is 1470. The van der Waals surface area contributed by atoms with Gasteiger partial charge in [-0.05, 0) is 54.9 Å². The van der Waals surface area contributed by atoms with Crippen LogP contribution in [0, 0.1) is 11.3 Å². The van der Waals surface area contributed by atoms with E-state index in [2.05, 4.69) is 42.1 Å². The zero-order valence-corrected chi connectivity index (χ0v) is 20.8. The van der Waals surface area contributed by atoms with Gasteiger partial charge >= 0.3 is 0 Å². The van der Waals surface area contributed by atoms with E-state index in [1.165, 1.54) is 6.33 Å². The predicted molar refractivity (Wildman–Crippen MR) is 139 cm³/mol. The first-order valence-corrected chi connectivity index (χ1v) is 12.8. The molecule has 1 unspecified atom stereocenters. The maximum Gasteiger partial charge on any atom is 0.259 e. The van der Waals surface area contributed by atoms with Gasteiger partial charge in [-0.3, -0.25) is 9.36 Å². The van der Waals surface area contributed by atoms with Crippen molar-refractivity contribution in [2.45, 2.75) is 70.4 Å². The normalized spacial score (nSPS) is 18.7. The molecule has 184 valence electrons. The molecule has 0 radical (unpaired) electrons. The Labute approximate surface area is 210 Å². The van der Waals surface area contributed by atoms with E-state index in [1.807, 2.05) is 45.5 Å². The van der Waals surface area contributed by atoms with Gasteiger partial charge in [0.2, 0.25) is 5.78 Å². The van der Waals surface area contributed by atoms with Crippen molar-refractivity contribution in [2.75, 3.05) is 0 Å². The van der Waals surface area contributed by atoms with Crippen LogP contribution < -0.4 is 5.56 Å². The van der Waals surface area contributed by atoms with Gasteiger partial charge in [0.15, 0.2) is 0 Å². The number of hydrogen-bond donors (Lipinski definition) is 1. The van der Waals surface area contributed by atoms with Gasteiger partial charge < -0.3 is 5.11 Å². The van der Waals surface area contributed by atoms with Gasteiger partial charge in [-0.15, -0.1) is 0 Å². The summed E-state index contributed by atoms with van der Waals surface area (Å²) >= 11 is 0. The van der Waals surface area contributed by atoms with Gasteiger partial charge in [0.05, 0.1) is 23.4 Å². The Balaban J connectivity index is 1.61. The van der Waals surface area contributed by atoms with Crippen LogP contribution in [0.25, 0.3) is 16.9 Å².